The molecule has 1 unspecified atom stereocenters. The molecular weight excluding hydrogens is 219 g/mol. The number of hydrogen-bond acceptors (Lipinski definition) is 3. The summed E-state index contributed by atoms with van der Waals surface area (Å²) in [5.74, 6) is -0.230. The highest BCUT2D eigenvalue weighted by atomic mass is 19.1. The molecule has 4 heteroatoms. The molecule has 3 nitrogen and oxygen atoms in total. The third-order valence-electron chi connectivity index (χ3n) is 2.47. The lowest BCUT2D eigenvalue weighted by Gasteiger charge is -2.14. The lowest BCUT2D eigenvalue weighted by atomic mass is 10.1. The molecule has 0 bridgehead atoms. The van der Waals surface area contributed by atoms with Crippen molar-refractivity contribution in [2.24, 2.45) is 0 Å². The summed E-state index contributed by atoms with van der Waals surface area (Å²) in [6.45, 7) is 4.86. The lowest BCUT2D eigenvalue weighted by Crippen LogP contribution is -2.24. The summed E-state index contributed by atoms with van der Waals surface area (Å²) >= 11 is 0. The van der Waals surface area contributed by atoms with Crippen molar-refractivity contribution in [2.45, 2.75) is 26.0 Å². The van der Waals surface area contributed by atoms with Gasteiger partial charge in [-0.25, -0.2) is 4.39 Å². The van der Waals surface area contributed by atoms with E-state index in [2.05, 4.69) is 5.32 Å². The van der Waals surface area contributed by atoms with Crippen LogP contribution in [0.15, 0.2) is 24.3 Å². The zero-order chi connectivity index (χ0) is 12.7. The van der Waals surface area contributed by atoms with E-state index in [4.69, 9.17) is 10.00 Å². The molecular formula is C13H17FN2O. The molecule has 0 saturated carbocycles. The second kappa shape index (κ2) is 7.00. The molecule has 1 aromatic rings. The highest BCUT2D eigenvalue weighted by Crippen LogP contribution is 2.12. The van der Waals surface area contributed by atoms with Crippen molar-refractivity contribution in [1.29, 1.82) is 5.26 Å². The van der Waals surface area contributed by atoms with E-state index in [1.807, 2.05) is 13.0 Å². The van der Waals surface area contributed by atoms with E-state index in [-0.39, 0.29) is 18.0 Å². The number of rotatable bonds is 6. The fraction of sp³-hybridized carbons (Fsp3) is 0.462. The molecule has 0 saturated heterocycles. The topological polar surface area (TPSA) is 45.0 Å². The summed E-state index contributed by atoms with van der Waals surface area (Å²) in [7, 11) is 0. The Morgan fingerprint density at radius 2 is 2.00 bits per heavy atom. The van der Waals surface area contributed by atoms with Gasteiger partial charge in [-0.05, 0) is 31.5 Å². The van der Waals surface area contributed by atoms with E-state index in [1.54, 1.807) is 19.1 Å². The first-order valence-electron chi connectivity index (χ1n) is 5.63. The lowest BCUT2D eigenvalue weighted by molar-refractivity contribution is 0.103. The zero-order valence-corrected chi connectivity index (χ0v) is 10.1. The van der Waals surface area contributed by atoms with E-state index >= 15 is 0 Å². The molecule has 1 N–H and O–H groups in total. The van der Waals surface area contributed by atoms with Crippen molar-refractivity contribution in [3.05, 3.63) is 35.6 Å². The van der Waals surface area contributed by atoms with Gasteiger partial charge in [-0.15, -0.1) is 0 Å². The van der Waals surface area contributed by atoms with Crippen molar-refractivity contribution in [1.82, 2.24) is 5.32 Å². The molecule has 0 heterocycles. The maximum Gasteiger partial charge on any atom is 0.141 e. The smallest absolute Gasteiger partial charge is 0.141 e. The number of nitrogens with one attached hydrogen (secondary N) is 1. The Morgan fingerprint density at radius 3 is 2.59 bits per heavy atom. The Balaban J connectivity index is 2.28. The Bertz CT molecular complexity index is 372. The van der Waals surface area contributed by atoms with Crippen LogP contribution in [-0.2, 0) is 4.74 Å². The van der Waals surface area contributed by atoms with Gasteiger partial charge in [0.1, 0.15) is 11.9 Å². The van der Waals surface area contributed by atoms with E-state index < -0.39 is 0 Å². The van der Waals surface area contributed by atoms with Crippen LogP contribution in [0.2, 0.25) is 0 Å². The summed E-state index contributed by atoms with van der Waals surface area (Å²) in [6.07, 6.45) is -0.377. The van der Waals surface area contributed by atoms with E-state index in [9.17, 15) is 4.39 Å². The second-order valence-corrected chi connectivity index (χ2v) is 3.87. The molecule has 0 fully saturated rings. The molecule has 1 aromatic carbocycles. The molecule has 0 aliphatic rings. The van der Waals surface area contributed by atoms with Gasteiger partial charge < -0.3 is 10.1 Å². The molecule has 1 rings (SSSR count). The van der Waals surface area contributed by atoms with Crippen LogP contribution in [-0.4, -0.2) is 19.3 Å². The summed E-state index contributed by atoms with van der Waals surface area (Å²) in [5.41, 5.74) is 1.03. The number of halogens is 1. The molecule has 0 aliphatic heterocycles. The van der Waals surface area contributed by atoms with Crippen LogP contribution < -0.4 is 5.32 Å². The van der Waals surface area contributed by atoms with Crippen LogP contribution in [0.5, 0.6) is 0 Å². The standard InChI is InChI=1S/C13H17FN2O/c1-10(9-15)17-8-7-16-11(2)12-3-5-13(14)6-4-12/h3-6,10-11,16H,7-8H2,1-2H3/t10?,11-/m1/s1. The molecule has 0 spiro atoms. The normalized spacial score (nSPS) is 14.0. The summed E-state index contributed by atoms with van der Waals surface area (Å²) in [4.78, 5) is 0. The van der Waals surface area contributed by atoms with Crippen molar-refractivity contribution in [3.8, 4) is 6.07 Å². The summed E-state index contributed by atoms with van der Waals surface area (Å²) in [5, 5.41) is 11.8. The molecule has 92 valence electrons. The quantitative estimate of drug-likeness (QED) is 0.771. The minimum absolute atomic E-state index is 0.136. The predicted molar refractivity (Wildman–Crippen MR) is 63.8 cm³/mol. The Morgan fingerprint density at radius 1 is 1.35 bits per heavy atom. The van der Waals surface area contributed by atoms with Crippen LogP contribution in [0.1, 0.15) is 25.5 Å². The average Bonchev–Trinajstić information content (AvgIpc) is 2.34. The van der Waals surface area contributed by atoms with Crippen LogP contribution in [0, 0.1) is 17.1 Å². The van der Waals surface area contributed by atoms with Crippen LogP contribution in [0.3, 0.4) is 0 Å². The first kappa shape index (κ1) is 13.6. The van der Waals surface area contributed by atoms with Crippen molar-refractivity contribution >= 4 is 0 Å². The van der Waals surface area contributed by atoms with Gasteiger partial charge >= 0.3 is 0 Å². The van der Waals surface area contributed by atoms with Crippen molar-refractivity contribution in [3.63, 3.8) is 0 Å². The third kappa shape index (κ3) is 4.94. The van der Waals surface area contributed by atoms with Crippen molar-refractivity contribution in [2.75, 3.05) is 13.2 Å². The van der Waals surface area contributed by atoms with Crippen LogP contribution in [0.25, 0.3) is 0 Å². The molecule has 0 radical (unpaired) electrons. The fourth-order valence-electron chi connectivity index (χ4n) is 1.42. The summed E-state index contributed by atoms with van der Waals surface area (Å²) < 4.78 is 17.9. The van der Waals surface area contributed by atoms with Gasteiger partial charge in [-0.2, -0.15) is 5.26 Å². The molecule has 2 atom stereocenters. The van der Waals surface area contributed by atoms with Gasteiger partial charge in [0.25, 0.3) is 0 Å². The average molecular weight is 236 g/mol. The fourth-order valence-corrected chi connectivity index (χ4v) is 1.42. The van der Waals surface area contributed by atoms with Gasteiger partial charge in [0, 0.05) is 12.6 Å². The monoisotopic (exact) mass is 236 g/mol. The van der Waals surface area contributed by atoms with E-state index in [1.165, 1.54) is 12.1 Å². The molecule has 0 aliphatic carbocycles. The molecule has 0 aromatic heterocycles. The van der Waals surface area contributed by atoms with Crippen LogP contribution >= 0.6 is 0 Å². The minimum Gasteiger partial charge on any atom is -0.362 e. The van der Waals surface area contributed by atoms with E-state index in [0.717, 1.165) is 5.56 Å². The maximum atomic E-state index is 12.7. The molecule has 17 heavy (non-hydrogen) atoms. The minimum atomic E-state index is -0.377. The predicted octanol–water partition coefficient (Wildman–Crippen LogP) is 2.40. The SMILES string of the molecule is CC(C#N)OCCN[C@H](C)c1ccc(F)cc1. The largest absolute Gasteiger partial charge is 0.362 e. The highest BCUT2D eigenvalue weighted by molar-refractivity contribution is 5.19. The van der Waals surface area contributed by atoms with Gasteiger partial charge in [-0.3, -0.25) is 0 Å². The maximum absolute atomic E-state index is 12.7. The number of nitrogens with zero attached hydrogens (tertiary/aromatic N) is 1. The van der Waals surface area contributed by atoms with E-state index in [0.29, 0.717) is 13.2 Å². The van der Waals surface area contributed by atoms with Crippen LogP contribution in [0.4, 0.5) is 4.39 Å². The zero-order valence-electron chi connectivity index (χ0n) is 10.1. The number of nitriles is 1. The first-order chi connectivity index (χ1) is 8.13. The third-order valence-corrected chi connectivity index (χ3v) is 2.47. The highest BCUT2D eigenvalue weighted by Gasteiger charge is 2.05. The Labute approximate surface area is 101 Å². The van der Waals surface area contributed by atoms with Gasteiger partial charge in [0.15, 0.2) is 0 Å². The number of hydrogen-bond donors (Lipinski definition) is 1. The number of benzene rings is 1. The number of ether oxygens (including phenoxy) is 1. The van der Waals surface area contributed by atoms with Crippen molar-refractivity contribution < 1.29 is 9.13 Å². The first-order valence-corrected chi connectivity index (χ1v) is 5.63. The summed E-state index contributed by atoms with van der Waals surface area (Å²) in [6, 6.07) is 8.54. The molecule has 0 amide bonds. The van der Waals surface area contributed by atoms with Gasteiger partial charge in [0.2, 0.25) is 0 Å². The Kier molecular flexibility index (Phi) is 5.61. The van der Waals surface area contributed by atoms with Gasteiger partial charge in [0.05, 0.1) is 12.7 Å². The van der Waals surface area contributed by atoms with Gasteiger partial charge in [-0.1, -0.05) is 12.1 Å². The second-order valence-electron chi connectivity index (χ2n) is 3.87. The Hall–Kier alpha value is -1.44.